The van der Waals surface area contributed by atoms with E-state index < -0.39 is 16.1 Å². The molecule has 0 bridgehead atoms. The second-order valence-corrected chi connectivity index (χ2v) is 5.96. The summed E-state index contributed by atoms with van der Waals surface area (Å²) in [6, 6.07) is -0.485. The van der Waals surface area contributed by atoms with Crippen LogP contribution in [0.2, 0.25) is 0 Å². The molecule has 7 nitrogen and oxygen atoms in total. The van der Waals surface area contributed by atoms with Crippen LogP contribution in [0.1, 0.15) is 0 Å². The van der Waals surface area contributed by atoms with Crippen molar-refractivity contribution in [2.75, 3.05) is 46.1 Å². The highest BCUT2D eigenvalue weighted by Gasteiger charge is 2.30. The molecule has 1 rings (SSSR count). The van der Waals surface area contributed by atoms with Crippen LogP contribution < -0.4 is 5.73 Å². The molecule has 1 aliphatic rings. The van der Waals surface area contributed by atoms with Crippen LogP contribution in [-0.4, -0.2) is 75.7 Å². The van der Waals surface area contributed by atoms with Gasteiger partial charge in [0.25, 0.3) is 0 Å². The van der Waals surface area contributed by atoms with Gasteiger partial charge < -0.3 is 10.5 Å². The van der Waals surface area contributed by atoms with Gasteiger partial charge in [0.2, 0.25) is 10.0 Å². The lowest BCUT2D eigenvalue weighted by atomic mass is 10.2. The lowest BCUT2D eigenvalue weighted by molar-refractivity contribution is -0.147. The maximum absolute atomic E-state index is 11.4. The molecular formula is C9H19N3O4S. The van der Waals surface area contributed by atoms with Crippen molar-refractivity contribution in [3.63, 3.8) is 0 Å². The molecule has 0 aromatic rings. The van der Waals surface area contributed by atoms with Crippen molar-refractivity contribution in [1.82, 2.24) is 9.21 Å². The Bertz CT molecular complexity index is 362. The number of hydrogen-bond acceptors (Lipinski definition) is 6. The number of nitrogens with zero attached hydrogens (tertiary/aromatic N) is 2. The minimum atomic E-state index is -3.15. The Balaban J connectivity index is 2.59. The topological polar surface area (TPSA) is 92.9 Å². The zero-order valence-corrected chi connectivity index (χ0v) is 10.9. The fourth-order valence-corrected chi connectivity index (χ4v) is 2.70. The minimum absolute atomic E-state index is 0.172. The van der Waals surface area contributed by atoms with Gasteiger partial charge >= 0.3 is 5.97 Å². The summed E-state index contributed by atoms with van der Waals surface area (Å²) >= 11 is 0. The quantitative estimate of drug-likeness (QED) is 0.595. The average Bonchev–Trinajstić information content (AvgIpc) is 2.29. The normalized spacial score (nSPS) is 21.1. The number of nitrogens with two attached hydrogens (primary N) is 1. The first-order valence-corrected chi connectivity index (χ1v) is 7.22. The van der Waals surface area contributed by atoms with E-state index in [2.05, 4.69) is 4.74 Å². The summed E-state index contributed by atoms with van der Waals surface area (Å²) in [5.74, 6) is -0.375. The van der Waals surface area contributed by atoms with Gasteiger partial charge in [0.05, 0.1) is 13.4 Å². The van der Waals surface area contributed by atoms with Crippen LogP contribution in [0, 0.1) is 0 Å². The third-order valence-corrected chi connectivity index (χ3v) is 4.18. The van der Waals surface area contributed by atoms with E-state index in [0.29, 0.717) is 26.2 Å². The van der Waals surface area contributed by atoms with E-state index in [4.69, 9.17) is 5.73 Å². The Morgan fingerprint density at radius 1 is 1.35 bits per heavy atom. The van der Waals surface area contributed by atoms with E-state index in [1.54, 1.807) is 0 Å². The van der Waals surface area contributed by atoms with Crippen LogP contribution in [0.25, 0.3) is 0 Å². The summed E-state index contributed by atoms with van der Waals surface area (Å²) in [6.07, 6.45) is 1.18. The van der Waals surface area contributed by atoms with Gasteiger partial charge in [-0.3, -0.25) is 9.69 Å². The Morgan fingerprint density at radius 2 is 1.88 bits per heavy atom. The number of ether oxygens (including phenoxy) is 1. The molecule has 2 N–H and O–H groups in total. The van der Waals surface area contributed by atoms with Crippen molar-refractivity contribution in [1.29, 1.82) is 0 Å². The van der Waals surface area contributed by atoms with Crippen molar-refractivity contribution in [3.05, 3.63) is 0 Å². The number of rotatable bonds is 4. The molecule has 0 amide bonds. The van der Waals surface area contributed by atoms with Crippen molar-refractivity contribution in [2.24, 2.45) is 5.73 Å². The molecule has 1 unspecified atom stereocenters. The molecule has 17 heavy (non-hydrogen) atoms. The second-order valence-electron chi connectivity index (χ2n) is 3.97. The zero-order valence-electron chi connectivity index (χ0n) is 10.1. The molecule has 0 spiro atoms. The summed E-state index contributed by atoms with van der Waals surface area (Å²) in [4.78, 5) is 13.3. The zero-order chi connectivity index (χ0) is 13.1. The molecule has 100 valence electrons. The van der Waals surface area contributed by atoms with Crippen molar-refractivity contribution in [3.8, 4) is 0 Å². The number of esters is 1. The van der Waals surface area contributed by atoms with Gasteiger partial charge in [0.1, 0.15) is 6.04 Å². The van der Waals surface area contributed by atoms with Gasteiger partial charge in [-0.25, -0.2) is 8.42 Å². The molecule has 0 saturated carbocycles. The molecule has 0 radical (unpaired) electrons. The summed E-state index contributed by atoms with van der Waals surface area (Å²) in [5, 5.41) is 0. The first-order valence-electron chi connectivity index (χ1n) is 5.37. The smallest absolute Gasteiger partial charge is 0.324 e. The van der Waals surface area contributed by atoms with E-state index >= 15 is 0 Å². The highest BCUT2D eigenvalue weighted by molar-refractivity contribution is 7.88. The fourth-order valence-electron chi connectivity index (χ4n) is 1.88. The lowest BCUT2D eigenvalue weighted by Gasteiger charge is -2.36. The SMILES string of the molecule is COC(=O)C(CN)N1CCN(S(C)(=O)=O)CC1. The van der Waals surface area contributed by atoms with Crippen LogP contribution in [0.15, 0.2) is 0 Å². The number of carbonyl (C=O) groups excluding carboxylic acids is 1. The lowest BCUT2D eigenvalue weighted by Crippen LogP contribution is -2.56. The van der Waals surface area contributed by atoms with E-state index in [0.717, 1.165) is 0 Å². The Labute approximate surface area is 102 Å². The first kappa shape index (κ1) is 14.4. The highest BCUT2D eigenvalue weighted by Crippen LogP contribution is 2.09. The number of methoxy groups -OCH3 is 1. The average molecular weight is 265 g/mol. The van der Waals surface area contributed by atoms with Crippen LogP contribution in [-0.2, 0) is 19.6 Å². The maximum Gasteiger partial charge on any atom is 0.324 e. The van der Waals surface area contributed by atoms with Crippen molar-refractivity contribution in [2.45, 2.75) is 6.04 Å². The van der Waals surface area contributed by atoms with Crippen LogP contribution >= 0.6 is 0 Å². The molecule has 1 aliphatic heterocycles. The van der Waals surface area contributed by atoms with Crippen LogP contribution in [0.5, 0.6) is 0 Å². The highest BCUT2D eigenvalue weighted by atomic mass is 32.2. The molecule has 1 heterocycles. The second kappa shape index (κ2) is 5.76. The molecule has 1 fully saturated rings. The van der Waals surface area contributed by atoms with Gasteiger partial charge in [-0.1, -0.05) is 0 Å². The molecule has 8 heteroatoms. The summed E-state index contributed by atoms with van der Waals surface area (Å²) < 4.78 is 28.7. The largest absolute Gasteiger partial charge is 0.468 e. The standard InChI is InChI=1S/C9H19N3O4S/c1-16-9(13)8(7-10)11-3-5-12(6-4-11)17(2,14)15/h8H,3-7,10H2,1-2H3. The van der Waals surface area contributed by atoms with Gasteiger partial charge in [-0.05, 0) is 0 Å². The number of carbonyl (C=O) groups is 1. The third-order valence-electron chi connectivity index (χ3n) is 2.88. The summed E-state index contributed by atoms with van der Waals surface area (Å²) in [7, 11) is -1.83. The van der Waals surface area contributed by atoms with Crippen molar-refractivity contribution < 1.29 is 17.9 Å². The molecule has 0 aromatic heterocycles. The number of piperazine rings is 1. The first-order chi connectivity index (χ1) is 7.90. The Hall–Kier alpha value is -0.700. The predicted octanol–water partition coefficient (Wildman–Crippen LogP) is -1.94. The Kier molecular flexibility index (Phi) is 4.87. The van der Waals surface area contributed by atoms with Gasteiger partial charge in [0.15, 0.2) is 0 Å². The van der Waals surface area contributed by atoms with E-state index in [9.17, 15) is 13.2 Å². The number of sulfonamides is 1. The monoisotopic (exact) mass is 265 g/mol. The minimum Gasteiger partial charge on any atom is -0.468 e. The van der Waals surface area contributed by atoms with E-state index in [1.807, 2.05) is 4.90 Å². The summed E-state index contributed by atoms with van der Waals surface area (Å²) in [5.41, 5.74) is 5.53. The van der Waals surface area contributed by atoms with Gasteiger partial charge in [0, 0.05) is 32.7 Å². The number of hydrogen-bond donors (Lipinski definition) is 1. The maximum atomic E-state index is 11.4. The molecular weight excluding hydrogens is 246 g/mol. The molecule has 1 saturated heterocycles. The molecule has 0 aromatic carbocycles. The van der Waals surface area contributed by atoms with Crippen LogP contribution in [0.3, 0.4) is 0 Å². The summed E-state index contributed by atoms with van der Waals surface area (Å²) in [6.45, 7) is 1.91. The predicted molar refractivity (Wildman–Crippen MR) is 62.8 cm³/mol. The fraction of sp³-hybridized carbons (Fsp3) is 0.889. The van der Waals surface area contributed by atoms with Gasteiger partial charge in [-0.15, -0.1) is 0 Å². The molecule has 1 atom stereocenters. The Morgan fingerprint density at radius 3 is 2.24 bits per heavy atom. The van der Waals surface area contributed by atoms with Crippen LogP contribution in [0.4, 0.5) is 0 Å². The molecule has 0 aliphatic carbocycles. The van der Waals surface area contributed by atoms with Crippen molar-refractivity contribution >= 4 is 16.0 Å². The third kappa shape index (κ3) is 3.63. The van der Waals surface area contributed by atoms with E-state index in [-0.39, 0.29) is 12.5 Å². The van der Waals surface area contributed by atoms with Gasteiger partial charge in [-0.2, -0.15) is 4.31 Å². The van der Waals surface area contributed by atoms with E-state index in [1.165, 1.54) is 17.7 Å².